The van der Waals surface area contributed by atoms with Crippen LogP contribution < -0.4 is 0 Å². The highest BCUT2D eigenvalue weighted by Crippen LogP contribution is 2.17. The predicted octanol–water partition coefficient (Wildman–Crippen LogP) is 2.68. The Bertz CT molecular complexity index is 344. The summed E-state index contributed by atoms with van der Waals surface area (Å²) < 4.78 is 13.2. The molecule has 0 saturated carbocycles. The maximum atomic E-state index is 13.2. The first-order chi connectivity index (χ1) is 7.54. The molecular formula is C12H17ClFNO. The van der Waals surface area contributed by atoms with Gasteiger partial charge >= 0.3 is 0 Å². The monoisotopic (exact) mass is 245 g/mol. The molecule has 0 aliphatic rings. The van der Waals surface area contributed by atoms with Crippen LogP contribution in [0, 0.1) is 5.82 Å². The van der Waals surface area contributed by atoms with Gasteiger partial charge in [-0.15, -0.1) is 0 Å². The number of halogens is 2. The van der Waals surface area contributed by atoms with Gasteiger partial charge in [-0.1, -0.05) is 17.7 Å². The molecular weight excluding hydrogens is 229 g/mol. The molecule has 0 aliphatic carbocycles. The van der Waals surface area contributed by atoms with Crippen molar-refractivity contribution in [3.63, 3.8) is 0 Å². The second kappa shape index (κ2) is 6.18. The van der Waals surface area contributed by atoms with Crippen molar-refractivity contribution in [3.8, 4) is 0 Å². The summed E-state index contributed by atoms with van der Waals surface area (Å²) in [4.78, 5) is 2.07. The lowest BCUT2D eigenvalue weighted by atomic mass is 10.2. The van der Waals surface area contributed by atoms with Crippen LogP contribution in [0.3, 0.4) is 0 Å². The number of benzene rings is 1. The summed E-state index contributed by atoms with van der Waals surface area (Å²) in [6, 6.07) is 5.11. The smallest absolute Gasteiger partial charge is 0.142 e. The number of hydrogen-bond donors (Lipinski definition) is 1. The Labute approximate surface area is 101 Å². The van der Waals surface area contributed by atoms with E-state index in [2.05, 4.69) is 4.90 Å². The van der Waals surface area contributed by atoms with Crippen molar-refractivity contribution in [2.75, 3.05) is 13.2 Å². The third kappa shape index (κ3) is 3.74. The van der Waals surface area contributed by atoms with Crippen molar-refractivity contribution >= 4 is 11.6 Å². The van der Waals surface area contributed by atoms with Crippen molar-refractivity contribution in [3.05, 3.63) is 34.6 Å². The summed E-state index contributed by atoms with van der Waals surface area (Å²) in [5.41, 5.74) is 0.865. The molecule has 0 unspecified atom stereocenters. The zero-order valence-corrected chi connectivity index (χ0v) is 10.3. The fourth-order valence-electron chi connectivity index (χ4n) is 1.52. The fourth-order valence-corrected chi connectivity index (χ4v) is 1.64. The Kier molecular flexibility index (Phi) is 5.19. The van der Waals surface area contributed by atoms with Crippen LogP contribution in [0.4, 0.5) is 4.39 Å². The molecule has 1 rings (SSSR count). The van der Waals surface area contributed by atoms with Gasteiger partial charge in [0.25, 0.3) is 0 Å². The highest BCUT2D eigenvalue weighted by Gasteiger charge is 2.10. The second-order valence-corrected chi connectivity index (χ2v) is 4.44. The van der Waals surface area contributed by atoms with Gasteiger partial charge in [0, 0.05) is 19.1 Å². The predicted molar refractivity (Wildman–Crippen MR) is 64.0 cm³/mol. The van der Waals surface area contributed by atoms with Crippen LogP contribution in [0.2, 0.25) is 5.02 Å². The van der Waals surface area contributed by atoms with E-state index >= 15 is 0 Å². The van der Waals surface area contributed by atoms with Crippen LogP contribution in [0.1, 0.15) is 19.4 Å². The molecule has 0 atom stereocenters. The normalized spacial score (nSPS) is 11.4. The first-order valence-electron chi connectivity index (χ1n) is 5.33. The van der Waals surface area contributed by atoms with Crippen LogP contribution in [0.5, 0.6) is 0 Å². The minimum absolute atomic E-state index is 0.105. The van der Waals surface area contributed by atoms with E-state index in [4.69, 9.17) is 16.7 Å². The molecule has 0 fully saturated rings. The van der Waals surface area contributed by atoms with Crippen LogP contribution in [0.15, 0.2) is 18.2 Å². The standard InChI is InChI=1S/C12H17ClFNO/c1-9(2)15(5-6-16)8-10-3-4-11(13)12(14)7-10/h3-4,7,9,16H,5-6,8H2,1-2H3. The first kappa shape index (κ1) is 13.4. The first-order valence-corrected chi connectivity index (χ1v) is 5.71. The lowest BCUT2D eigenvalue weighted by Gasteiger charge is -2.25. The van der Waals surface area contributed by atoms with E-state index in [1.807, 2.05) is 13.8 Å². The maximum absolute atomic E-state index is 13.2. The van der Waals surface area contributed by atoms with E-state index < -0.39 is 5.82 Å². The molecule has 0 spiro atoms. The maximum Gasteiger partial charge on any atom is 0.142 e. The summed E-state index contributed by atoms with van der Waals surface area (Å²) in [5, 5.41) is 9.07. The summed E-state index contributed by atoms with van der Waals surface area (Å²) >= 11 is 5.61. The van der Waals surface area contributed by atoms with Gasteiger partial charge in [-0.05, 0) is 31.5 Å². The number of aliphatic hydroxyl groups excluding tert-OH is 1. The van der Waals surface area contributed by atoms with Crippen molar-refractivity contribution in [2.24, 2.45) is 0 Å². The van der Waals surface area contributed by atoms with Crippen LogP contribution >= 0.6 is 11.6 Å². The molecule has 0 bridgehead atoms. The third-order valence-electron chi connectivity index (χ3n) is 2.49. The van der Waals surface area contributed by atoms with Gasteiger partial charge in [0.2, 0.25) is 0 Å². The summed E-state index contributed by atoms with van der Waals surface area (Å²) in [7, 11) is 0. The average Bonchev–Trinajstić information content (AvgIpc) is 2.22. The van der Waals surface area contributed by atoms with Gasteiger partial charge in [-0.25, -0.2) is 4.39 Å². The van der Waals surface area contributed by atoms with E-state index in [1.54, 1.807) is 12.1 Å². The number of hydrogen-bond acceptors (Lipinski definition) is 2. The molecule has 16 heavy (non-hydrogen) atoms. The Morgan fingerprint density at radius 2 is 2.12 bits per heavy atom. The molecule has 1 aromatic rings. The van der Waals surface area contributed by atoms with Crippen molar-refractivity contribution in [1.82, 2.24) is 4.90 Å². The Hall–Kier alpha value is -0.640. The highest BCUT2D eigenvalue weighted by atomic mass is 35.5. The zero-order valence-electron chi connectivity index (χ0n) is 9.58. The van der Waals surface area contributed by atoms with Crippen molar-refractivity contribution in [1.29, 1.82) is 0 Å². The van der Waals surface area contributed by atoms with E-state index in [1.165, 1.54) is 6.07 Å². The van der Waals surface area contributed by atoms with E-state index in [0.29, 0.717) is 19.1 Å². The number of nitrogens with zero attached hydrogens (tertiary/aromatic N) is 1. The Morgan fingerprint density at radius 1 is 1.44 bits per heavy atom. The lowest BCUT2D eigenvalue weighted by molar-refractivity contribution is 0.159. The molecule has 2 nitrogen and oxygen atoms in total. The molecule has 4 heteroatoms. The van der Waals surface area contributed by atoms with E-state index in [0.717, 1.165) is 5.56 Å². The molecule has 1 aromatic carbocycles. The molecule has 0 heterocycles. The second-order valence-electron chi connectivity index (χ2n) is 4.04. The van der Waals surface area contributed by atoms with Crippen LogP contribution in [-0.4, -0.2) is 29.2 Å². The molecule has 0 aliphatic heterocycles. The van der Waals surface area contributed by atoms with Crippen molar-refractivity contribution in [2.45, 2.75) is 26.4 Å². The quantitative estimate of drug-likeness (QED) is 0.862. The van der Waals surface area contributed by atoms with Gasteiger partial charge < -0.3 is 5.11 Å². The summed E-state index contributed by atoms with van der Waals surface area (Å²) in [6.07, 6.45) is 0. The van der Waals surface area contributed by atoms with E-state index in [-0.39, 0.29) is 11.6 Å². The van der Waals surface area contributed by atoms with Gasteiger partial charge in [0.1, 0.15) is 5.82 Å². The highest BCUT2D eigenvalue weighted by molar-refractivity contribution is 6.30. The Morgan fingerprint density at radius 3 is 2.62 bits per heavy atom. The van der Waals surface area contributed by atoms with Crippen LogP contribution in [-0.2, 0) is 6.54 Å². The minimum Gasteiger partial charge on any atom is -0.395 e. The lowest BCUT2D eigenvalue weighted by Crippen LogP contribution is -2.32. The average molecular weight is 246 g/mol. The zero-order chi connectivity index (χ0) is 12.1. The molecule has 0 radical (unpaired) electrons. The number of rotatable bonds is 5. The van der Waals surface area contributed by atoms with Crippen molar-refractivity contribution < 1.29 is 9.50 Å². The van der Waals surface area contributed by atoms with E-state index in [9.17, 15) is 4.39 Å². The van der Waals surface area contributed by atoms with Gasteiger partial charge in [0.15, 0.2) is 0 Å². The SMILES string of the molecule is CC(C)N(CCO)Cc1ccc(Cl)c(F)c1. The molecule has 0 aromatic heterocycles. The molecule has 0 saturated heterocycles. The number of aliphatic hydroxyl groups is 1. The third-order valence-corrected chi connectivity index (χ3v) is 2.79. The largest absolute Gasteiger partial charge is 0.395 e. The van der Waals surface area contributed by atoms with Gasteiger partial charge in [0.05, 0.1) is 11.6 Å². The Balaban J connectivity index is 2.73. The van der Waals surface area contributed by atoms with Gasteiger partial charge in [-0.2, -0.15) is 0 Å². The molecule has 1 N–H and O–H groups in total. The fraction of sp³-hybridized carbons (Fsp3) is 0.500. The summed E-state index contributed by atoms with van der Waals surface area (Å²) in [5.74, 6) is -0.396. The van der Waals surface area contributed by atoms with Gasteiger partial charge in [-0.3, -0.25) is 4.90 Å². The minimum atomic E-state index is -0.396. The molecule has 0 amide bonds. The summed E-state index contributed by atoms with van der Waals surface area (Å²) in [6.45, 7) is 5.40. The molecule has 90 valence electrons. The van der Waals surface area contributed by atoms with Crippen LogP contribution in [0.25, 0.3) is 0 Å². The topological polar surface area (TPSA) is 23.5 Å².